The van der Waals surface area contributed by atoms with Crippen LogP contribution in [0.1, 0.15) is 25.4 Å². The maximum atomic E-state index is 11.6. The summed E-state index contributed by atoms with van der Waals surface area (Å²) in [5.74, 6) is 0.486. The van der Waals surface area contributed by atoms with Crippen molar-refractivity contribution in [2.75, 3.05) is 17.2 Å². The van der Waals surface area contributed by atoms with E-state index in [9.17, 15) is 10.1 Å². The summed E-state index contributed by atoms with van der Waals surface area (Å²) in [6.45, 7) is 3.90. The van der Waals surface area contributed by atoms with E-state index in [0.29, 0.717) is 28.7 Å². The molecule has 0 fully saturated rings. The molecule has 0 aliphatic heterocycles. The third-order valence-corrected chi connectivity index (χ3v) is 4.61. The third-order valence-electron chi connectivity index (χ3n) is 3.72. The van der Waals surface area contributed by atoms with Crippen LogP contribution in [-0.2, 0) is 4.79 Å². The number of thiazole rings is 1. The third kappa shape index (κ3) is 3.38. The number of rotatable bonds is 4. The number of nitrogens with two attached hydrogens (primary N) is 1. The molecule has 2 heterocycles. The fourth-order valence-corrected chi connectivity index (χ4v) is 3.37. The molecule has 2 N–H and O–H groups in total. The number of hydrogen-bond acceptors (Lipinski definition) is 7. The molecule has 0 saturated heterocycles. The molecule has 0 atom stereocenters. The normalized spacial score (nSPS) is 11.3. The summed E-state index contributed by atoms with van der Waals surface area (Å²) in [5.41, 5.74) is 7.48. The average molecular weight is 364 g/mol. The first-order chi connectivity index (χ1) is 12.5. The SMILES string of the molecule is CCN(C(C)=O)c1nc(/C=C(\C#N)c2nc(N)c3ccccc3n2)cs1. The zero-order chi connectivity index (χ0) is 18.7. The fourth-order valence-electron chi connectivity index (χ4n) is 2.48. The van der Waals surface area contributed by atoms with Gasteiger partial charge in [0.15, 0.2) is 11.0 Å². The predicted molar refractivity (Wildman–Crippen MR) is 103 cm³/mol. The van der Waals surface area contributed by atoms with Gasteiger partial charge in [-0.2, -0.15) is 5.26 Å². The number of fused-ring (bicyclic) bond motifs is 1. The van der Waals surface area contributed by atoms with E-state index in [0.717, 1.165) is 5.39 Å². The number of aromatic nitrogens is 3. The molecule has 1 aromatic carbocycles. The molecule has 0 unspecified atom stereocenters. The summed E-state index contributed by atoms with van der Waals surface area (Å²) in [7, 11) is 0. The Morgan fingerprint density at radius 2 is 2.12 bits per heavy atom. The zero-order valence-corrected chi connectivity index (χ0v) is 15.1. The van der Waals surface area contributed by atoms with Crippen molar-refractivity contribution in [3.8, 4) is 6.07 Å². The van der Waals surface area contributed by atoms with Crippen molar-refractivity contribution in [2.24, 2.45) is 0 Å². The molecule has 0 aliphatic carbocycles. The minimum Gasteiger partial charge on any atom is -0.383 e. The van der Waals surface area contributed by atoms with Gasteiger partial charge in [-0.3, -0.25) is 9.69 Å². The highest BCUT2D eigenvalue weighted by atomic mass is 32.1. The van der Waals surface area contributed by atoms with E-state index in [4.69, 9.17) is 5.73 Å². The number of nitrogen functional groups attached to an aromatic ring is 1. The maximum Gasteiger partial charge on any atom is 0.225 e. The van der Waals surface area contributed by atoms with Crippen LogP contribution in [0.4, 0.5) is 10.9 Å². The fraction of sp³-hybridized carbons (Fsp3) is 0.167. The van der Waals surface area contributed by atoms with Crippen LogP contribution in [0, 0.1) is 11.3 Å². The lowest BCUT2D eigenvalue weighted by Gasteiger charge is -2.14. The van der Waals surface area contributed by atoms with Crippen LogP contribution in [0.25, 0.3) is 22.6 Å². The van der Waals surface area contributed by atoms with Crippen LogP contribution in [0.15, 0.2) is 29.6 Å². The van der Waals surface area contributed by atoms with E-state index < -0.39 is 0 Å². The highest BCUT2D eigenvalue weighted by Crippen LogP contribution is 2.25. The number of carbonyl (C=O) groups is 1. The Kier molecular flexibility index (Phi) is 4.91. The van der Waals surface area contributed by atoms with Gasteiger partial charge in [0.25, 0.3) is 0 Å². The van der Waals surface area contributed by atoms with Crippen molar-refractivity contribution >= 4 is 50.7 Å². The molecule has 0 spiro atoms. The van der Waals surface area contributed by atoms with Gasteiger partial charge >= 0.3 is 0 Å². The second-order valence-electron chi connectivity index (χ2n) is 5.44. The first kappa shape index (κ1) is 17.5. The predicted octanol–water partition coefficient (Wildman–Crippen LogP) is 3.11. The van der Waals surface area contributed by atoms with Gasteiger partial charge in [0.2, 0.25) is 5.91 Å². The van der Waals surface area contributed by atoms with E-state index >= 15 is 0 Å². The van der Waals surface area contributed by atoms with Gasteiger partial charge in [0.05, 0.1) is 16.8 Å². The van der Waals surface area contributed by atoms with Crippen molar-refractivity contribution in [1.29, 1.82) is 5.26 Å². The monoisotopic (exact) mass is 364 g/mol. The lowest BCUT2D eigenvalue weighted by molar-refractivity contribution is -0.116. The van der Waals surface area contributed by atoms with Gasteiger partial charge < -0.3 is 5.73 Å². The second kappa shape index (κ2) is 7.29. The van der Waals surface area contributed by atoms with Gasteiger partial charge in [-0.05, 0) is 25.1 Å². The summed E-state index contributed by atoms with van der Waals surface area (Å²) in [6, 6.07) is 9.45. The van der Waals surface area contributed by atoms with Crippen LogP contribution in [0.5, 0.6) is 0 Å². The first-order valence-electron chi connectivity index (χ1n) is 7.91. The molecule has 1 amide bonds. The number of amides is 1. The number of para-hydroxylation sites is 1. The van der Waals surface area contributed by atoms with E-state index in [2.05, 4.69) is 21.0 Å². The summed E-state index contributed by atoms with van der Waals surface area (Å²) < 4.78 is 0. The topological polar surface area (TPSA) is 109 Å². The Balaban J connectivity index is 2.01. The van der Waals surface area contributed by atoms with Gasteiger partial charge in [0.1, 0.15) is 11.9 Å². The summed E-state index contributed by atoms with van der Waals surface area (Å²) in [6.07, 6.45) is 1.59. The number of hydrogen-bond donors (Lipinski definition) is 1. The molecular weight excluding hydrogens is 348 g/mol. The van der Waals surface area contributed by atoms with E-state index in [1.54, 1.807) is 16.4 Å². The van der Waals surface area contributed by atoms with Crippen molar-refractivity contribution in [1.82, 2.24) is 15.0 Å². The van der Waals surface area contributed by atoms with Crippen LogP contribution in [-0.4, -0.2) is 27.4 Å². The molecule has 3 aromatic rings. The van der Waals surface area contributed by atoms with Crippen molar-refractivity contribution < 1.29 is 4.79 Å². The Bertz CT molecular complexity index is 1050. The Hall–Kier alpha value is -3.31. The molecule has 130 valence electrons. The molecular formula is C18H16N6OS. The number of benzene rings is 1. The van der Waals surface area contributed by atoms with Crippen LogP contribution < -0.4 is 10.6 Å². The lowest BCUT2D eigenvalue weighted by atomic mass is 10.2. The molecule has 2 aromatic heterocycles. The standard InChI is InChI=1S/C18H16N6OS/c1-3-24(11(2)25)18-21-13(10-26-18)8-12(9-19)17-22-15-7-5-4-6-14(15)16(20)23-17/h4-8,10H,3H2,1-2H3,(H2,20,22,23)/b12-8+. The summed E-state index contributed by atoms with van der Waals surface area (Å²) in [5, 5.41) is 12.6. The highest BCUT2D eigenvalue weighted by molar-refractivity contribution is 7.14. The largest absolute Gasteiger partial charge is 0.383 e. The van der Waals surface area contributed by atoms with Crippen molar-refractivity contribution in [3.63, 3.8) is 0 Å². The van der Waals surface area contributed by atoms with Crippen LogP contribution in [0.3, 0.4) is 0 Å². The average Bonchev–Trinajstić information content (AvgIpc) is 3.08. The Labute approximate surface area is 154 Å². The Morgan fingerprint density at radius 1 is 1.35 bits per heavy atom. The van der Waals surface area contributed by atoms with Gasteiger partial charge in [-0.1, -0.05) is 12.1 Å². The number of allylic oxidation sites excluding steroid dienone is 1. The molecule has 3 rings (SSSR count). The van der Waals surface area contributed by atoms with Gasteiger partial charge in [0, 0.05) is 24.2 Å². The minimum atomic E-state index is -0.0801. The van der Waals surface area contributed by atoms with E-state index in [1.807, 2.05) is 31.2 Å². The molecule has 0 radical (unpaired) electrons. The van der Waals surface area contributed by atoms with Gasteiger partial charge in [-0.15, -0.1) is 11.3 Å². The zero-order valence-electron chi connectivity index (χ0n) is 14.3. The quantitative estimate of drug-likeness (QED) is 0.713. The molecule has 26 heavy (non-hydrogen) atoms. The van der Waals surface area contributed by atoms with E-state index in [-0.39, 0.29) is 17.3 Å². The molecule has 8 heteroatoms. The highest BCUT2D eigenvalue weighted by Gasteiger charge is 2.14. The Morgan fingerprint density at radius 3 is 2.81 bits per heavy atom. The van der Waals surface area contributed by atoms with Gasteiger partial charge in [-0.25, -0.2) is 15.0 Å². The summed E-state index contributed by atoms with van der Waals surface area (Å²) >= 11 is 1.34. The number of carbonyl (C=O) groups excluding carboxylic acids is 1. The molecule has 0 saturated carbocycles. The van der Waals surface area contributed by atoms with Crippen LogP contribution in [0.2, 0.25) is 0 Å². The first-order valence-corrected chi connectivity index (χ1v) is 8.79. The van der Waals surface area contributed by atoms with Crippen molar-refractivity contribution in [2.45, 2.75) is 13.8 Å². The van der Waals surface area contributed by atoms with E-state index in [1.165, 1.54) is 18.3 Å². The summed E-state index contributed by atoms with van der Waals surface area (Å²) in [4.78, 5) is 26.3. The second-order valence-corrected chi connectivity index (χ2v) is 6.27. The minimum absolute atomic E-state index is 0.0801. The smallest absolute Gasteiger partial charge is 0.225 e. The molecule has 7 nitrogen and oxygen atoms in total. The van der Waals surface area contributed by atoms with Crippen LogP contribution >= 0.6 is 11.3 Å². The lowest BCUT2D eigenvalue weighted by Crippen LogP contribution is -2.27. The molecule has 0 bridgehead atoms. The van der Waals surface area contributed by atoms with Crippen molar-refractivity contribution in [3.05, 3.63) is 41.2 Å². The maximum absolute atomic E-state index is 11.6. The number of anilines is 2. The number of nitriles is 1. The number of nitrogens with zero attached hydrogens (tertiary/aromatic N) is 5. The molecule has 0 aliphatic rings.